The summed E-state index contributed by atoms with van der Waals surface area (Å²) < 4.78 is 0. The zero-order valence-corrected chi connectivity index (χ0v) is 9.16. The highest BCUT2D eigenvalue weighted by atomic mass is 16.1. The highest BCUT2D eigenvalue weighted by Gasteiger charge is 2.14. The van der Waals surface area contributed by atoms with E-state index in [2.05, 4.69) is 18.0 Å². The van der Waals surface area contributed by atoms with E-state index in [1.807, 2.05) is 0 Å². The molecule has 0 unspecified atom stereocenters. The van der Waals surface area contributed by atoms with Crippen molar-refractivity contribution in [3.8, 4) is 6.07 Å². The molecule has 17 heavy (non-hydrogen) atoms. The summed E-state index contributed by atoms with van der Waals surface area (Å²) in [4.78, 5) is 10.9. The highest BCUT2D eigenvalue weighted by molar-refractivity contribution is 5.88. The van der Waals surface area contributed by atoms with Crippen LogP contribution in [0.25, 0.3) is 5.57 Å². The van der Waals surface area contributed by atoms with Gasteiger partial charge in [-0.3, -0.25) is 4.79 Å². The number of benzene rings is 1. The Morgan fingerprint density at radius 1 is 1.53 bits per heavy atom. The van der Waals surface area contributed by atoms with Crippen LogP contribution < -0.4 is 11.1 Å². The van der Waals surface area contributed by atoms with Gasteiger partial charge in [0.15, 0.2) is 0 Å². The van der Waals surface area contributed by atoms with Gasteiger partial charge in [0.05, 0.1) is 18.1 Å². The van der Waals surface area contributed by atoms with Crippen LogP contribution in [0, 0.1) is 11.3 Å². The van der Waals surface area contributed by atoms with E-state index in [0.29, 0.717) is 5.56 Å². The number of nitriles is 1. The summed E-state index contributed by atoms with van der Waals surface area (Å²) in [5.41, 5.74) is 8.93. The maximum Gasteiger partial charge on any atom is 0.223 e. The molecule has 84 valence electrons. The highest BCUT2D eigenvalue weighted by Crippen LogP contribution is 2.31. The Hall–Kier alpha value is -2.54. The van der Waals surface area contributed by atoms with E-state index in [1.165, 1.54) is 0 Å². The minimum Gasteiger partial charge on any atom is -0.369 e. The molecule has 0 bridgehead atoms. The van der Waals surface area contributed by atoms with Crippen molar-refractivity contribution >= 4 is 17.2 Å². The lowest BCUT2D eigenvalue weighted by Crippen LogP contribution is -2.16. The van der Waals surface area contributed by atoms with Gasteiger partial charge in [-0.1, -0.05) is 6.58 Å². The van der Waals surface area contributed by atoms with Crippen LogP contribution >= 0.6 is 0 Å². The molecule has 4 nitrogen and oxygen atoms in total. The third-order valence-electron chi connectivity index (χ3n) is 2.50. The first-order chi connectivity index (χ1) is 8.10. The number of nitrogens with two attached hydrogens (primary N) is 1. The van der Waals surface area contributed by atoms with Crippen molar-refractivity contribution in [2.75, 3.05) is 5.32 Å². The Morgan fingerprint density at radius 2 is 2.29 bits per heavy atom. The van der Waals surface area contributed by atoms with Crippen LogP contribution in [-0.4, -0.2) is 5.91 Å². The SMILES string of the molecule is C=C1C=C(CC(N)=O)Nc2ccc(C#N)cc21. The molecule has 1 amide bonds. The van der Waals surface area contributed by atoms with E-state index < -0.39 is 5.91 Å². The fourth-order valence-electron chi connectivity index (χ4n) is 1.77. The Morgan fingerprint density at radius 3 is 2.94 bits per heavy atom. The second-order valence-electron chi connectivity index (χ2n) is 3.84. The number of nitrogens with zero attached hydrogens (tertiary/aromatic N) is 1. The zero-order chi connectivity index (χ0) is 12.4. The number of hydrogen-bond acceptors (Lipinski definition) is 3. The molecule has 0 aromatic heterocycles. The largest absolute Gasteiger partial charge is 0.369 e. The van der Waals surface area contributed by atoms with E-state index in [1.54, 1.807) is 24.3 Å². The number of nitrogens with one attached hydrogen (secondary N) is 1. The third-order valence-corrected chi connectivity index (χ3v) is 2.50. The summed E-state index contributed by atoms with van der Waals surface area (Å²) in [5.74, 6) is -0.395. The van der Waals surface area contributed by atoms with Crippen molar-refractivity contribution in [3.63, 3.8) is 0 Å². The quantitative estimate of drug-likeness (QED) is 0.804. The number of primary amides is 1. The van der Waals surface area contributed by atoms with Crippen molar-refractivity contribution in [2.45, 2.75) is 6.42 Å². The number of fused-ring (bicyclic) bond motifs is 1. The normalized spacial score (nSPS) is 13.1. The molecule has 0 radical (unpaired) electrons. The second-order valence-corrected chi connectivity index (χ2v) is 3.84. The lowest BCUT2D eigenvalue weighted by molar-refractivity contribution is -0.117. The predicted octanol–water partition coefficient (Wildman–Crippen LogP) is 1.76. The standard InChI is InChI=1S/C13H11N3O/c1-8-4-10(6-13(15)17)16-12-3-2-9(7-14)5-11(8)12/h2-5,16H,1,6H2,(H2,15,17). The Balaban J connectivity index is 2.37. The smallest absolute Gasteiger partial charge is 0.223 e. The third kappa shape index (κ3) is 2.18. The average Bonchev–Trinajstić information content (AvgIpc) is 2.28. The molecule has 0 saturated heterocycles. The molecule has 4 heteroatoms. The van der Waals surface area contributed by atoms with Crippen LogP contribution in [0.15, 0.2) is 36.6 Å². The number of amides is 1. The van der Waals surface area contributed by atoms with Crippen molar-refractivity contribution in [2.24, 2.45) is 5.73 Å². The fourth-order valence-corrected chi connectivity index (χ4v) is 1.77. The molecule has 2 rings (SSSR count). The van der Waals surface area contributed by atoms with Gasteiger partial charge in [-0.25, -0.2) is 0 Å². The molecule has 1 heterocycles. The molecule has 0 atom stereocenters. The van der Waals surface area contributed by atoms with Crippen molar-refractivity contribution < 1.29 is 4.79 Å². The van der Waals surface area contributed by atoms with E-state index in [0.717, 1.165) is 22.5 Å². The minimum atomic E-state index is -0.395. The van der Waals surface area contributed by atoms with E-state index in [9.17, 15) is 4.79 Å². The maximum atomic E-state index is 10.9. The summed E-state index contributed by atoms with van der Waals surface area (Å²) in [5, 5.41) is 11.9. The van der Waals surface area contributed by atoms with Crippen LogP contribution in [0.4, 0.5) is 5.69 Å². The summed E-state index contributed by atoms with van der Waals surface area (Å²) in [6, 6.07) is 7.36. The summed E-state index contributed by atoms with van der Waals surface area (Å²) in [6.07, 6.45) is 1.92. The molecular formula is C13H11N3O. The number of anilines is 1. The molecular weight excluding hydrogens is 214 g/mol. The maximum absolute atomic E-state index is 10.9. The number of carbonyl (C=O) groups is 1. The first-order valence-electron chi connectivity index (χ1n) is 5.09. The molecule has 0 spiro atoms. The minimum absolute atomic E-state index is 0.151. The van der Waals surface area contributed by atoms with Crippen molar-refractivity contribution in [3.05, 3.63) is 47.7 Å². The number of carbonyl (C=O) groups excluding carboxylic acids is 1. The zero-order valence-electron chi connectivity index (χ0n) is 9.16. The first kappa shape index (κ1) is 11.0. The topological polar surface area (TPSA) is 78.9 Å². The average molecular weight is 225 g/mol. The van der Waals surface area contributed by atoms with Crippen LogP contribution in [0.3, 0.4) is 0 Å². The summed E-state index contributed by atoms with van der Waals surface area (Å²) in [6.45, 7) is 3.91. The van der Waals surface area contributed by atoms with Crippen molar-refractivity contribution in [1.82, 2.24) is 0 Å². The molecule has 1 aliphatic rings. The van der Waals surface area contributed by atoms with E-state index >= 15 is 0 Å². The molecule has 3 N–H and O–H groups in total. The molecule has 0 aliphatic carbocycles. The van der Waals surface area contributed by atoms with Crippen molar-refractivity contribution in [1.29, 1.82) is 5.26 Å². The molecule has 0 fully saturated rings. The van der Waals surface area contributed by atoms with Gasteiger partial charge in [0.2, 0.25) is 5.91 Å². The number of hydrogen-bond donors (Lipinski definition) is 2. The number of allylic oxidation sites excluding steroid dienone is 2. The molecule has 0 saturated carbocycles. The van der Waals surface area contributed by atoms with Crippen LogP contribution in [0.2, 0.25) is 0 Å². The Kier molecular flexibility index (Phi) is 2.67. The molecule has 1 aromatic carbocycles. The molecule has 1 aromatic rings. The lowest BCUT2D eigenvalue weighted by atomic mass is 9.97. The van der Waals surface area contributed by atoms with Crippen LogP contribution in [0.5, 0.6) is 0 Å². The fraction of sp³-hybridized carbons (Fsp3) is 0.0769. The Labute approximate surface area is 99.0 Å². The molecule has 1 aliphatic heterocycles. The van der Waals surface area contributed by atoms with Crippen LogP contribution in [-0.2, 0) is 4.79 Å². The second kappa shape index (κ2) is 4.14. The van der Waals surface area contributed by atoms with Gasteiger partial charge in [0.1, 0.15) is 0 Å². The van der Waals surface area contributed by atoms with Gasteiger partial charge in [-0.05, 0) is 29.8 Å². The van der Waals surface area contributed by atoms with Crippen LogP contribution in [0.1, 0.15) is 17.5 Å². The monoisotopic (exact) mass is 225 g/mol. The van der Waals surface area contributed by atoms with E-state index in [4.69, 9.17) is 11.0 Å². The van der Waals surface area contributed by atoms with Gasteiger partial charge in [-0.2, -0.15) is 5.26 Å². The van der Waals surface area contributed by atoms with Gasteiger partial charge in [0, 0.05) is 16.9 Å². The number of rotatable bonds is 2. The summed E-state index contributed by atoms with van der Waals surface area (Å²) in [7, 11) is 0. The van der Waals surface area contributed by atoms with Gasteiger partial charge < -0.3 is 11.1 Å². The first-order valence-corrected chi connectivity index (χ1v) is 5.09. The van der Waals surface area contributed by atoms with Gasteiger partial charge in [-0.15, -0.1) is 0 Å². The van der Waals surface area contributed by atoms with Gasteiger partial charge >= 0.3 is 0 Å². The predicted molar refractivity (Wildman–Crippen MR) is 65.7 cm³/mol. The van der Waals surface area contributed by atoms with Gasteiger partial charge in [0.25, 0.3) is 0 Å². The Bertz CT molecular complexity index is 579. The lowest BCUT2D eigenvalue weighted by Gasteiger charge is -2.20. The summed E-state index contributed by atoms with van der Waals surface area (Å²) >= 11 is 0. The van der Waals surface area contributed by atoms with E-state index in [-0.39, 0.29) is 6.42 Å².